The molecule has 14 nitrogen and oxygen atoms in total. The molecule has 0 spiro atoms. The van der Waals surface area contributed by atoms with Crippen LogP contribution in [0.1, 0.15) is 41.9 Å². The van der Waals surface area contributed by atoms with Crippen LogP contribution in [0.15, 0.2) is 60.8 Å². The molecule has 2 unspecified atom stereocenters. The maximum atomic E-state index is 13.6. The van der Waals surface area contributed by atoms with E-state index in [1.165, 1.54) is 26.3 Å². The zero-order valence-corrected chi connectivity index (χ0v) is 28.2. The molecule has 0 bridgehead atoms. The summed E-state index contributed by atoms with van der Waals surface area (Å²) in [4.78, 5) is 42.3. The van der Waals surface area contributed by atoms with Gasteiger partial charge in [-0.05, 0) is 42.3 Å². The number of aromatic nitrogens is 1. The highest BCUT2D eigenvalue weighted by Gasteiger charge is 2.36. The molecular formula is C35H42N2O12. The summed E-state index contributed by atoms with van der Waals surface area (Å²) in [5.74, 6) is -0.478. The van der Waals surface area contributed by atoms with E-state index >= 15 is 0 Å². The zero-order valence-electron chi connectivity index (χ0n) is 28.2. The van der Waals surface area contributed by atoms with Gasteiger partial charge in [-0.2, -0.15) is 0 Å². The van der Waals surface area contributed by atoms with Gasteiger partial charge in [0.2, 0.25) is 6.79 Å². The summed E-state index contributed by atoms with van der Waals surface area (Å²) in [6, 6.07) is 15.3. The SMILES string of the molecule is COc1ccc(COC2COCC[C@H](NC(=O)c3nccc(OC)c3OCOC(C)=O)C(=O)OC(C)[C@@H]2OCc2ccc(OC)cc2)cc1. The van der Waals surface area contributed by atoms with Crippen LogP contribution in [0.2, 0.25) is 0 Å². The number of benzene rings is 2. The van der Waals surface area contributed by atoms with E-state index in [9.17, 15) is 14.4 Å². The van der Waals surface area contributed by atoms with E-state index in [-0.39, 0.29) is 50.0 Å². The number of carbonyl (C=O) groups is 3. The lowest BCUT2D eigenvalue weighted by Crippen LogP contribution is -2.50. The molecule has 1 aromatic heterocycles. The van der Waals surface area contributed by atoms with Crippen molar-refractivity contribution in [1.82, 2.24) is 10.3 Å². The Morgan fingerprint density at radius 2 is 1.53 bits per heavy atom. The molecule has 2 aromatic carbocycles. The first-order valence-electron chi connectivity index (χ1n) is 15.6. The van der Waals surface area contributed by atoms with Crippen LogP contribution < -0.4 is 24.3 Å². The number of esters is 2. The number of rotatable bonds is 14. The van der Waals surface area contributed by atoms with Gasteiger partial charge in [-0.25, -0.2) is 9.78 Å². The number of ether oxygens (including phenoxy) is 9. The summed E-state index contributed by atoms with van der Waals surface area (Å²) in [6.45, 7) is 3.09. The highest BCUT2D eigenvalue weighted by molar-refractivity contribution is 5.98. The quantitative estimate of drug-likeness (QED) is 0.194. The van der Waals surface area contributed by atoms with Gasteiger partial charge in [-0.3, -0.25) is 9.59 Å². The van der Waals surface area contributed by atoms with E-state index in [4.69, 9.17) is 42.6 Å². The van der Waals surface area contributed by atoms with E-state index in [2.05, 4.69) is 10.3 Å². The Morgan fingerprint density at radius 1 is 0.898 bits per heavy atom. The highest BCUT2D eigenvalue weighted by Crippen LogP contribution is 2.30. The van der Waals surface area contributed by atoms with Gasteiger partial charge in [0.25, 0.3) is 5.91 Å². The van der Waals surface area contributed by atoms with E-state index in [1.54, 1.807) is 21.1 Å². The third kappa shape index (κ3) is 10.8. The molecule has 4 rings (SSSR count). The first-order valence-corrected chi connectivity index (χ1v) is 15.6. The van der Waals surface area contributed by atoms with E-state index in [0.29, 0.717) is 5.75 Å². The summed E-state index contributed by atoms with van der Waals surface area (Å²) >= 11 is 0. The van der Waals surface area contributed by atoms with Crippen molar-refractivity contribution in [2.24, 2.45) is 0 Å². The average Bonchev–Trinajstić information content (AvgIpc) is 3.11. The maximum Gasteiger partial charge on any atom is 0.329 e. The lowest BCUT2D eigenvalue weighted by molar-refractivity contribution is -0.182. The number of hydrogen-bond acceptors (Lipinski definition) is 13. The molecule has 1 saturated heterocycles. The van der Waals surface area contributed by atoms with Gasteiger partial charge in [0.15, 0.2) is 17.2 Å². The van der Waals surface area contributed by atoms with Crippen LogP contribution in [0.3, 0.4) is 0 Å². The lowest BCUT2D eigenvalue weighted by Gasteiger charge is -2.33. The average molecular weight is 683 g/mol. The second-order valence-corrected chi connectivity index (χ2v) is 10.9. The molecule has 0 saturated carbocycles. The van der Waals surface area contributed by atoms with Gasteiger partial charge in [-0.15, -0.1) is 0 Å². The van der Waals surface area contributed by atoms with Crippen molar-refractivity contribution in [1.29, 1.82) is 0 Å². The van der Waals surface area contributed by atoms with Gasteiger partial charge < -0.3 is 47.9 Å². The van der Waals surface area contributed by atoms with Crippen LogP contribution in [0.25, 0.3) is 0 Å². The van der Waals surface area contributed by atoms with Crippen molar-refractivity contribution in [2.75, 3.05) is 41.3 Å². The molecule has 264 valence electrons. The van der Waals surface area contributed by atoms with Crippen LogP contribution in [-0.2, 0) is 46.5 Å². The standard InChI is InChI=1S/C35H42N2O12/c1-22-32(46-19-25-8-12-27(42-4)13-9-25)30(45-18-24-6-10-26(41-3)11-7-24)20-44-17-15-28(35(40)49-22)37-34(39)31-33(48-21-47-23(2)38)29(43-5)14-16-36-31/h6-14,16,22,28,30,32H,15,17-21H2,1-5H3,(H,37,39)/t22?,28-,30?,32-/m0/s1. The minimum Gasteiger partial charge on any atom is -0.497 e. The van der Waals surface area contributed by atoms with Gasteiger partial charge in [0.05, 0.1) is 41.2 Å². The minimum atomic E-state index is -1.11. The van der Waals surface area contributed by atoms with Gasteiger partial charge in [0.1, 0.15) is 35.9 Å². The minimum absolute atomic E-state index is 0.0644. The first kappa shape index (κ1) is 36.9. The molecule has 2 heterocycles. The fourth-order valence-electron chi connectivity index (χ4n) is 4.89. The van der Waals surface area contributed by atoms with Crippen molar-refractivity contribution in [3.63, 3.8) is 0 Å². The van der Waals surface area contributed by atoms with Crippen molar-refractivity contribution in [2.45, 2.75) is 57.8 Å². The maximum absolute atomic E-state index is 13.6. The van der Waals surface area contributed by atoms with Crippen molar-refractivity contribution in [3.8, 4) is 23.0 Å². The predicted molar refractivity (Wildman–Crippen MR) is 173 cm³/mol. The summed E-state index contributed by atoms with van der Waals surface area (Å²) in [6.07, 6.45) is -0.745. The zero-order chi connectivity index (χ0) is 35.2. The van der Waals surface area contributed by atoms with Crippen molar-refractivity contribution < 1.29 is 57.0 Å². The molecule has 0 radical (unpaired) electrons. The number of carbonyl (C=O) groups excluding carboxylic acids is 3. The lowest BCUT2D eigenvalue weighted by atomic mass is 10.1. The van der Waals surface area contributed by atoms with Gasteiger partial charge >= 0.3 is 11.9 Å². The van der Waals surface area contributed by atoms with Crippen molar-refractivity contribution in [3.05, 3.63) is 77.6 Å². The summed E-state index contributed by atoms with van der Waals surface area (Å²) in [5, 5.41) is 2.67. The number of nitrogens with one attached hydrogen (secondary N) is 1. The number of methoxy groups -OCH3 is 3. The topological polar surface area (TPSA) is 159 Å². The molecule has 1 amide bonds. The monoisotopic (exact) mass is 682 g/mol. The largest absolute Gasteiger partial charge is 0.497 e. The second kappa shape index (κ2) is 18.6. The van der Waals surface area contributed by atoms with Crippen molar-refractivity contribution >= 4 is 17.8 Å². The number of hydrogen-bond donors (Lipinski definition) is 1. The highest BCUT2D eigenvalue weighted by atomic mass is 16.7. The third-order valence-corrected chi connectivity index (χ3v) is 7.55. The summed E-state index contributed by atoms with van der Waals surface area (Å²) in [7, 11) is 4.57. The van der Waals surface area contributed by atoms with Crippen LogP contribution in [-0.4, -0.2) is 88.5 Å². The Labute approximate surface area is 284 Å². The van der Waals surface area contributed by atoms with Crippen LogP contribution in [0, 0.1) is 0 Å². The van der Waals surface area contributed by atoms with Gasteiger partial charge in [0, 0.05) is 32.2 Å². The first-order chi connectivity index (χ1) is 23.7. The Kier molecular flexibility index (Phi) is 14.0. The molecule has 49 heavy (non-hydrogen) atoms. The molecule has 3 aromatic rings. The number of pyridine rings is 1. The fraction of sp³-hybridized carbons (Fsp3) is 0.429. The molecule has 0 aliphatic carbocycles. The summed E-state index contributed by atoms with van der Waals surface area (Å²) in [5.41, 5.74) is 1.59. The fourth-order valence-corrected chi connectivity index (χ4v) is 4.89. The normalized spacial score (nSPS) is 19.6. The molecule has 1 aliphatic heterocycles. The molecule has 4 atom stereocenters. The Morgan fingerprint density at radius 3 is 2.12 bits per heavy atom. The predicted octanol–water partition coefficient (Wildman–Crippen LogP) is 3.63. The Bertz CT molecular complexity index is 1520. The van der Waals surface area contributed by atoms with E-state index in [0.717, 1.165) is 16.9 Å². The Balaban J connectivity index is 1.50. The second-order valence-electron chi connectivity index (χ2n) is 10.9. The number of amides is 1. The number of cyclic esters (lactones) is 1. The molecule has 14 heteroatoms. The molecular weight excluding hydrogens is 640 g/mol. The molecule has 1 fully saturated rings. The number of nitrogens with zero attached hydrogens (tertiary/aromatic N) is 1. The molecule has 1 N–H and O–H groups in total. The Hall–Kier alpha value is -4.92. The van der Waals surface area contributed by atoms with Crippen LogP contribution >= 0.6 is 0 Å². The summed E-state index contributed by atoms with van der Waals surface area (Å²) < 4.78 is 50.7. The van der Waals surface area contributed by atoms with E-state index in [1.807, 2.05) is 48.5 Å². The van der Waals surface area contributed by atoms with Gasteiger partial charge in [-0.1, -0.05) is 24.3 Å². The smallest absolute Gasteiger partial charge is 0.329 e. The van der Waals surface area contributed by atoms with Crippen LogP contribution in [0.5, 0.6) is 23.0 Å². The third-order valence-electron chi connectivity index (χ3n) is 7.55. The molecule has 1 aliphatic rings. The van der Waals surface area contributed by atoms with Crippen LogP contribution in [0.4, 0.5) is 0 Å². The van der Waals surface area contributed by atoms with E-state index < -0.39 is 49.0 Å².